The van der Waals surface area contributed by atoms with Gasteiger partial charge in [-0.25, -0.2) is 0 Å². The van der Waals surface area contributed by atoms with Gasteiger partial charge in [0.15, 0.2) is 10.8 Å². The summed E-state index contributed by atoms with van der Waals surface area (Å²) in [6.07, 6.45) is -4.42. The minimum atomic E-state index is -4.42. The summed E-state index contributed by atoms with van der Waals surface area (Å²) in [4.78, 5) is 12.6. The molecule has 2 heterocycles. The number of aromatic nitrogens is 3. The molecule has 2 aromatic carbocycles. The SMILES string of the molecule is Cc1cc2nnc(SC(C)C(=O)Nc3ccc(C(F)(F)F)cc3)n2c2ccccc12. The van der Waals surface area contributed by atoms with E-state index in [0.29, 0.717) is 16.5 Å². The Labute approximate surface area is 174 Å². The number of carbonyl (C=O) groups excluding carboxylic acids is 1. The van der Waals surface area contributed by atoms with Gasteiger partial charge in [0.25, 0.3) is 0 Å². The molecule has 0 aliphatic heterocycles. The van der Waals surface area contributed by atoms with Gasteiger partial charge in [0.2, 0.25) is 5.91 Å². The zero-order valence-corrected chi connectivity index (χ0v) is 16.9. The lowest BCUT2D eigenvalue weighted by Crippen LogP contribution is -2.22. The lowest BCUT2D eigenvalue weighted by Gasteiger charge is -2.13. The molecular formula is C21H17F3N4OS. The van der Waals surface area contributed by atoms with E-state index in [1.54, 1.807) is 6.92 Å². The molecule has 0 spiro atoms. The van der Waals surface area contributed by atoms with Gasteiger partial charge < -0.3 is 5.32 Å². The Balaban J connectivity index is 1.55. The number of carbonyl (C=O) groups is 1. The van der Waals surface area contributed by atoms with E-state index in [9.17, 15) is 18.0 Å². The molecule has 0 aliphatic rings. The van der Waals surface area contributed by atoms with Crippen LogP contribution in [0.25, 0.3) is 16.6 Å². The van der Waals surface area contributed by atoms with Crippen molar-refractivity contribution in [2.45, 2.75) is 30.4 Å². The Morgan fingerprint density at radius 2 is 1.80 bits per heavy atom. The molecule has 9 heteroatoms. The summed E-state index contributed by atoms with van der Waals surface area (Å²) in [7, 11) is 0. The van der Waals surface area contributed by atoms with Crippen molar-refractivity contribution < 1.29 is 18.0 Å². The van der Waals surface area contributed by atoms with Gasteiger partial charge in [-0.1, -0.05) is 30.0 Å². The van der Waals surface area contributed by atoms with Crippen LogP contribution < -0.4 is 5.32 Å². The highest BCUT2D eigenvalue weighted by Gasteiger charge is 2.30. The molecular weight excluding hydrogens is 413 g/mol. The molecule has 1 amide bonds. The van der Waals surface area contributed by atoms with Gasteiger partial charge in [0, 0.05) is 11.1 Å². The number of hydrogen-bond acceptors (Lipinski definition) is 4. The topological polar surface area (TPSA) is 59.3 Å². The van der Waals surface area contributed by atoms with Crippen molar-refractivity contribution in [2.24, 2.45) is 0 Å². The van der Waals surface area contributed by atoms with Crippen LogP contribution in [0.2, 0.25) is 0 Å². The van der Waals surface area contributed by atoms with Crippen LogP contribution in [0.3, 0.4) is 0 Å². The van der Waals surface area contributed by atoms with E-state index in [2.05, 4.69) is 15.5 Å². The molecule has 0 fully saturated rings. The summed E-state index contributed by atoms with van der Waals surface area (Å²) in [5.41, 5.74) is 2.24. The summed E-state index contributed by atoms with van der Waals surface area (Å²) in [5, 5.41) is 12.2. The van der Waals surface area contributed by atoms with E-state index >= 15 is 0 Å². The Morgan fingerprint density at radius 3 is 2.50 bits per heavy atom. The van der Waals surface area contributed by atoms with Crippen LogP contribution in [0, 0.1) is 6.92 Å². The Morgan fingerprint density at radius 1 is 1.10 bits per heavy atom. The highest BCUT2D eigenvalue weighted by molar-refractivity contribution is 8.00. The monoisotopic (exact) mass is 430 g/mol. The third-order valence-electron chi connectivity index (χ3n) is 4.70. The number of fused-ring (bicyclic) bond motifs is 3. The molecule has 1 N–H and O–H groups in total. The van der Waals surface area contributed by atoms with Crippen molar-refractivity contribution in [3.05, 3.63) is 65.7 Å². The van der Waals surface area contributed by atoms with Crippen molar-refractivity contribution in [1.82, 2.24) is 14.6 Å². The molecule has 1 unspecified atom stereocenters. The van der Waals surface area contributed by atoms with Gasteiger partial charge in [-0.15, -0.1) is 10.2 Å². The first kappa shape index (κ1) is 20.2. The Hall–Kier alpha value is -3.07. The number of nitrogens with one attached hydrogen (secondary N) is 1. The minimum Gasteiger partial charge on any atom is -0.325 e. The average Bonchev–Trinajstić information content (AvgIpc) is 3.10. The van der Waals surface area contributed by atoms with Gasteiger partial charge in [0.05, 0.1) is 16.3 Å². The van der Waals surface area contributed by atoms with E-state index < -0.39 is 17.0 Å². The molecule has 0 saturated heterocycles. The molecule has 0 bridgehead atoms. The molecule has 154 valence electrons. The fourth-order valence-corrected chi connectivity index (χ4v) is 4.02. The number of pyridine rings is 1. The molecule has 0 aliphatic carbocycles. The van der Waals surface area contributed by atoms with E-state index in [1.807, 2.05) is 41.7 Å². The summed E-state index contributed by atoms with van der Waals surface area (Å²) < 4.78 is 39.9. The fourth-order valence-electron chi connectivity index (χ4n) is 3.15. The lowest BCUT2D eigenvalue weighted by atomic mass is 10.1. The van der Waals surface area contributed by atoms with Gasteiger partial charge >= 0.3 is 6.18 Å². The number of para-hydroxylation sites is 1. The number of benzene rings is 2. The van der Waals surface area contributed by atoms with Gasteiger partial charge in [0.1, 0.15) is 0 Å². The lowest BCUT2D eigenvalue weighted by molar-refractivity contribution is -0.137. The predicted molar refractivity (Wildman–Crippen MR) is 111 cm³/mol. The van der Waals surface area contributed by atoms with Crippen molar-refractivity contribution in [2.75, 3.05) is 5.32 Å². The van der Waals surface area contributed by atoms with Gasteiger partial charge in [-0.3, -0.25) is 9.20 Å². The molecule has 5 nitrogen and oxygen atoms in total. The van der Waals surface area contributed by atoms with Crippen molar-refractivity contribution in [3.8, 4) is 0 Å². The number of thioether (sulfide) groups is 1. The van der Waals surface area contributed by atoms with E-state index in [1.165, 1.54) is 23.9 Å². The number of amides is 1. The summed E-state index contributed by atoms with van der Waals surface area (Å²) >= 11 is 1.23. The number of nitrogens with zero attached hydrogens (tertiary/aromatic N) is 3. The maximum Gasteiger partial charge on any atom is 0.416 e. The second-order valence-corrected chi connectivity index (χ2v) is 8.15. The maximum atomic E-state index is 12.7. The summed E-state index contributed by atoms with van der Waals surface area (Å²) in [5.74, 6) is -0.340. The van der Waals surface area contributed by atoms with Gasteiger partial charge in [-0.2, -0.15) is 13.2 Å². The second-order valence-electron chi connectivity index (χ2n) is 6.85. The van der Waals surface area contributed by atoms with Crippen LogP contribution in [0.4, 0.5) is 18.9 Å². The summed E-state index contributed by atoms with van der Waals surface area (Å²) in [6, 6.07) is 14.2. The molecule has 4 aromatic rings. The fraction of sp³-hybridized carbons (Fsp3) is 0.190. The molecule has 30 heavy (non-hydrogen) atoms. The first-order valence-electron chi connectivity index (χ1n) is 9.12. The molecule has 2 aromatic heterocycles. The van der Waals surface area contributed by atoms with Crippen molar-refractivity contribution >= 4 is 39.9 Å². The number of halogens is 3. The van der Waals surface area contributed by atoms with Gasteiger partial charge in [-0.05, 0) is 55.8 Å². The van der Waals surface area contributed by atoms with Crippen molar-refractivity contribution in [1.29, 1.82) is 0 Å². The van der Waals surface area contributed by atoms with E-state index in [0.717, 1.165) is 28.6 Å². The molecule has 1 atom stereocenters. The highest BCUT2D eigenvalue weighted by Crippen LogP contribution is 2.31. The number of rotatable bonds is 4. The third-order valence-corrected chi connectivity index (χ3v) is 5.75. The summed E-state index contributed by atoms with van der Waals surface area (Å²) in [6.45, 7) is 3.71. The number of anilines is 1. The second kappa shape index (κ2) is 7.64. The largest absolute Gasteiger partial charge is 0.416 e. The quantitative estimate of drug-likeness (QED) is 0.445. The van der Waals surface area contributed by atoms with Crippen LogP contribution in [0.15, 0.2) is 59.8 Å². The first-order chi connectivity index (χ1) is 14.2. The Bertz CT molecular complexity index is 1230. The smallest absolute Gasteiger partial charge is 0.325 e. The molecule has 0 radical (unpaired) electrons. The highest BCUT2D eigenvalue weighted by atomic mass is 32.2. The maximum absolute atomic E-state index is 12.7. The molecule has 4 rings (SSSR count). The minimum absolute atomic E-state index is 0.299. The zero-order chi connectivity index (χ0) is 21.5. The number of alkyl halides is 3. The Kier molecular flexibility index (Phi) is 5.15. The predicted octanol–water partition coefficient (Wildman–Crippen LogP) is 5.33. The van der Waals surface area contributed by atoms with Crippen LogP contribution in [-0.2, 0) is 11.0 Å². The van der Waals surface area contributed by atoms with Crippen molar-refractivity contribution in [3.63, 3.8) is 0 Å². The van der Waals surface area contributed by atoms with E-state index in [4.69, 9.17) is 0 Å². The van der Waals surface area contributed by atoms with Crippen LogP contribution in [0.5, 0.6) is 0 Å². The number of aryl methyl sites for hydroxylation is 1. The normalized spacial score (nSPS) is 13.0. The standard InChI is InChI=1S/C21H17F3N4OS/c1-12-11-18-26-27-20(28(18)17-6-4-3-5-16(12)17)30-13(2)19(29)25-15-9-7-14(8-10-15)21(22,23)24/h3-11,13H,1-2H3,(H,25,29). The zero-order valence-electron chi connectivity index (χ0n) is 16.1. The third kappa shape index (κ3) is 3.85. The van der Waals surface area contributed by atoms with E-state index in [-0.39, 0.29) is 5.91 Å². The van der Waals surface area contributed by atoms with Crippen LogP contribution in [-0.4, -0.2) is 25.8 Å². The van der Waals surface area contributed by atoms with Crippen LogP contribution >= 0.6 is 11.8 Å². The average molecular weight is 430 g/mol. The number of hydrogen-bond donors (Lipinski definition) is 1. The van der Waals surface area contributed by atoms with Crippen LogP contribution in [0.1, 0.15) is 18.1 Å². The molecule has 0 saturated carbocycles. The first-order valence-corrected chi connectivity index (χ1v) is 10.0.